The number of nitrogens with one attached hydrogen (secondary N) is 2. The molecule has 2 aromatic rings. The molecule has 0 saturated carbocycles. The van der Waals surface area contributed by atoms with Crippen LogP contribution in [0, 0.1) is 12.7 Å². The van der Waals surface area contributed by atoms with Crippen molar-refractivity contribution in [3.63, 3.8) is 0 Å². The molecule has 0 unspecified atom stereocenters. The summed E-state index contributed by atoms with van der Waals surface area (Å²) in [5.74, 6) is 0.649. The Morgan fingerprint density at radius 3 is 2.50 bits per heavy atom. The highest BCUT2D eigenvalue weighted by Crippen LogP contribution is 2.16. The summed E-state index contributed by atoms with van der Waals surface area (Å²) >= 11 is 1.74. The number of piperazine rings is 1. The molecule has 1 aliphatic rings. The molecule has 2 N–H and O–H groups in total. The number of benzene rings is 1. The minimum absolute atomic E-state index is 0.183. The van der Waals surface area contributed by atoms with Crippen LogP contribution in [0.3, 0.4) is 0 Å². The van der Waals surface area contributed by atoms with Crippen molar-refractivity contribution in [3.8, 4) is 0 Å². The first kappa shape index (κ1) is 20.5. The third-order valence-electron chi connectivity index (χ3n) is 4.81. The van der Waals surface area contributed by atoms with Crippen molar-refractivity contribution in [2.24, 2.45) is 4.99 Å². The van der Waals surface area contributed by atoms with Crippen LogP contribution in [-0.4, -0.2) is 68.7 Å². The molecule has 3 rings (SSSR count). The number of aliphatic imine (C=N–C) groups is 1. The van der Waals surface area contributed by atoms with Gasteiger partial charge in [-0.2, -0.15) is 0 Å². The van der Waals surface area contributed by atoms with Crippen LogP contribution in [0.2, 0.25) is 0 Å². The quantitative estimate of drug-likeness (QED) is 0.547. The average molecular weight is 405 g/mol. The number of halogens is 1. The van der Waals surface area contributed by atoms with Gasteiger partial charge in [-0.15, -0.1) is 11.3 Å². The van der Waals surface area contributed by atoms with Gasteiger partial charge in [0, 0.05) is 76.0 Å². The Kier molecular flexibility index (Phi) is 7.62. The fourth-order valence-electron chi connectivity index (χ4n) is 3.24. The number of aromatic nitrogens is 1. The van der Waals surface area contributed by atoms with Gasteiger partial charge in [-0.05, 0) is 31.2 Å². The first-order valence-corrected chi connectivity index (χ1v) is 10.5. The van der Waals surface area contributed by atoms with Crippen molar-refractivity contribution < 1.29 is 4.39 Å². The summed E-state index contributed by atoms with van der Waals surface area (Å²) in [5, 5.41) is 7.88. The molecule has 6 nitrogen and oxygen atoms in total. The number of hydrogen-bond acceptors (Lipinski definition) is 5. The summed E-state index contributed by atoms with van der Waals surface area (Å²) in [6.45, 7) is 8.67. The minimum Gasteiger partial charge on any atom is -0.369 e. The van der Waals surface area contributed by atoms with Gasteiger partial charge in [-0.1, -0.05) is 0 Å². The van der Waals surface area contributed by atoms with Crippen LogP contribution in [0.15, 0.2) is 35.5 Å². The Morgan fingerprint density at radius 1 is 1.14 bits per heavy atom. The maximum atomic E-state index is 13.1. The Morgan fingerprint density at radius 2 is 1.86 bits per heavy atom. The molecule has 8 heteroatoms. The molecule has 152 valence electrons. The maximum Gasteiger partial charge on any atom is 0.191 e. The lowest BCUT2D eigenvalue weighted by Gasteiger charge is -2.36. The molecule has 0 bridgehead atoms. The van der Waals surface area contributed by atoms with Gasteiger partial charge in [0.15, 0.2) is 5.96 Å². The highest BCUT2D eigenvalue weighted by Gasteiger charge is 2.16. The summed E-state index contributed by atoms with van der Waals surface area (Å²) < 4.78 is 13.1. The lowest BCUT2D eigenvalue weighted by atomic mass is 10.2. The maximum absolute atomic E-state index is 13.1. The second kappa shape index (κ2) is 10.4. The molecule has 1 saturated heterocycles. The molecule has 1 fully saturated rings. The van der Waals surface area contributed by atoms with Gasteiger partial charge in [-0.3, -0.25) is 9.89 Å². The van der Waals surface area contributed by atoms with E-state index in [2.05, 4.69) is 37.3 Å². The third-order valence-corrected chi connectivity index (χ3v) is 5.78. The third kappa shape index (κ3) is 6.17. The second-order valence-electron chi connectivity index (χ2n) is 6.85. The molecule has 1 aromatic carbocycles. The van der Waals surface area contributed by atoms with Crippen LogP contribution < -0.4 is 15.5 Å². The van der Waals surface area contributed by atoms with Gasteiger partial charge in [-0.25, -0.2) is 9.37 Å². The molecule has 0 atom stereocenters. The zero-order chi connectivity index (χ0) is 19.8. The predicted molar refractivity (Wildman–Crippen MR) is 115 cm³/mol. The molecular weight excluding hydrogens is 375 g/mol. The van der Waals surface area contributed by atoms with E-state index < -0.39 is 0 Å². The van der Waals surface area contributed by atoms with Crippen LogP contribution in [0.4, 0.5) is 10.1 Å². The van der Waals surface area contributed by atoms with Crippen molar-refractivity contribution in [1.29, 1.82) is 0 Å². The Balaban J connectivity index is 1.31. The van der Waals surface area contributed by atoms with Gasteiger partial charge in [0.2, 0.25) is 0 Å². The SMILES string of the molecule is CN=C(NCCc1ncc(C)s1)NCCN1CCN(c2ccc(F)cc2)CC1. The Hall–Kier alpha value is -2.19. The zero-order valence-electron chi connectivity index (χ0n) is 16.6. The summed E-state index contributed by atoms with van der Waals surface area (Å²) in [7, 11) is 1.80. The molecule has 28 heavy (non-hydrogen) atoms. The number of hydrogen-bond donors (Lipinski definition) is 2. The Bertz CT molecular complexity index is 752. The number of guanidine groups is 1. The largest absolute Gasteiger partial charge is 0.369 e. The van der Waals surface area contributed by atoms with E-state index in [-0.39, 0.29) is 5.82 Å². The van der Waals surface area contributed by atoms with E-state index in [0.29, 0.717) is 0 Å². The van der Waals surface area contributed by atoms with Crippen molar-refractivity contribution in [2.45, 2.75) is 13.3 Å². The van der Waals surface area contributed by atoms with E-state index >= 15 is 0 Å². The summed E-state index contributed by atoms with van der Waals surface area (Å²) in [4.78, 5) is 14.7. The second-order valence-corrected chi connectivity index (χ2v) is 8.16. The molecule has 0 amide bonds. The smallest absolute Gasteiger partial charge is 0.191 e. The van der Waals surface area contributed by atoms with Crippen LogP contribution in [0.5, 0.6) is 0 Å². The molecule has 2 heterocycles. The molecule has 1 aliphatic heterocycles. The van der Waals surface area contributed by atoms with Crippen molar-refractivity contribution in [3.05, 3.63) is 46.2 Å². The molecule has 0 aliphatic carbocycles. The van der Waals surface area contributed by atoms with Gasteiger partial charge in [0.25, 0.3) is 0 Å². The van der Waals surface area contributed by atoms with E-state index in [1.54, 1.807) is 18.4 Å². The van der Waals surface area contributed by atoms with Crippen molar-refractivity contribution >= 4 is 23.0 Å². The topological polar surface area (TPSA) is 55.8 Å². The lowest BCUT2D eigenvalue weighted by molar-refractivity contribution is 0.261. The van der Waals surface area contributed by atoms with E-state index in [4.69, 9.17) is 0 Å². The van der Waals surface area contributed by atoms with E-state index in [0.717, 1.165) is 68.9 Å². The zero-order valence-corrected chi connectivity index (χ0v) is 17.4. The summed E-state index contributed by atoms with van der Waals surface area (Å²) in [6.07, 6.45) is 2.83. The van der Waals surface area contributed by atoms with E-state index in [1.807, 2.05) is 18.3 Å². The standard InChI is InChI=1S/C20H29FN6S/c1-16-15-25-19(28-16)7-8-23-20(22-2)24-9-10-26-11-13-27(14-12-26)18-5-3-17(21)4-6-18/h3-6,15H,7-14H2,1-2H3,(H2,22,23,24). The fourth-order valence-corrected chi connectivity index (χ4v) is 4.03. The van der Waals surface area contributed by atoms with Gasteiger partial charge in [0.1, 0.15) is 5.82 Å². The first-order valence-electron chi connectivity index (χ1n) is 9.73. The van der Waals surface area contributed by atoms with Crippen LogP contribution in [0.1, 0.15) is 9.88 Å². The first-order chi connectivity index (χ1) is 13.6. The van der Waals surface area contributed by atoms with Crippen LogP contribution in [-0.2, 0) is 6.42 Å². The van der Waals surface area contributed by atoms with E-state index in [1.165, 1.54) is 17.0 Å². The Labute approximate surface area is 170 Å². The lowest BCUT2D eigenvalue weighted by Crippen LogP contribution is -2.49. The minimum atomic E-state index is -0.183. The number of thiazole rings is 1. The van der Waals surface area contributed by atoms with E-state index in [9.17, 15) is 4.39 Å². The molecule has 1 aromatic heterocycles. The van der Waals surface area contributed by atoms with Gasteiger partial charge < -0.3 is 15.5 Å². The van der Waals surface area contributed by atoms with Crippen LogP contribution >= 0.6 is 11.3 Å². The number of aryl methyl sites for hydroxylation is 1. The highest BCUT2D eigenvalue weighted by molar-refractivity contribution is 7.11. The monoisotopic (exact) mass is 404 g/mol. The van der Waals surface area contributed by atoms with Gasteiger partial charge >= 0.3 is 0 Å². The number of nitrogens with zero attached hydrogens (tertiary/aromatic N) is 4. The molecule has 0 radical (unpaired) electrons. The average Bonchev–Trinajstić information content (AvgIpc) is 3.13. The fraction of sp³-hybridized carbons (Fsp3) is 0.500. The number of anilines is 1. The van der Waals surface area contributed by atoms with Crippen molar-refractivity contribution in [2.75, 3.05) is 57.8 Å². The predicted octanol–water partition coefficient (Wildman–Crippen LogP) is 2.12. The highest BCUT2D eigenvalue weighted by atomic mass is 32.1. The molecular formula is C20H29FN6S. The normalized spacial score (nSPS) is 15.7. The van der Waals surface area contributed by atoms with Crippen LogP contribution in [0.25, 0.3) is 0 Å². The molecule has 0 spiro atoms. The van der Waals surface area contributed by atoms with Gasteiger partial charge in [0.05, 0.1) is 5.01 Å². The van der Waals surface area contributed by atoms with Crippen molar-refractivity contribution in [1.82, 2.24) is 20.5 Å². The summed E-state index contributed by atoms with van der Waals surface area (Å²) in [5.41, 5.74) is 1.10. The summed E-state index contributed by atoms with van der Waals surface area (Å²) in [6, 6.07) is 6.77. The number of rotatable bonds is 7.